The summed E-state index contributed by atoms with van der Waals surface area (Å²) >= 11 is 0. The molecule has 1 amide bonds. The van der Waals surface area contributed by atoms with Crippen LogP contribution in [0.4, 0.5) is 4.79 Å². The number of nitrogens with zero attached hydrogens (tertiary/aromatic N) is 2. The Morgan fingerprint density at radius 2 is 0.737 bits per heavy atom. The number of likely N-dealkylation sites (N-methyl/N-ethyl adjacent to an activating group) is 1. The molecule has 0 saturated carbocycles. The summed E-state index contributed by atoms with van der Waals surface area (Å²) in [6, 6.07) is -1.17. The van der Waals surface area contributed by atoms with Crippen LogP contribution in [0.2, 0.25) is 0 Å². The van der Waals surface area contributed by atoms with Crippen LogP contribution in [0.25, 0.3) is 0 Å². The van der Waals surface area contributed by atoms with E-state index in [2.05, 4.69) is 32.6 Å². The minimum absolute atomic E-state index is 0.108. The first-order valence-corrected chi connectivity index (χ1v) is 30.5. The largest absolute Gasteiger partial charge is 0.465 e. The van der Waals surface area contributed by atoms with Gasteiger partial charge in [-0.15, -0.1) is 0 Å². The molecule has 0 bridgehead atoms. The van der Waals surface area contributed by atoms with E-state index in [0.29, 0.717) is 51.5 Å². The van der Waals surface area contributed by atoms with Crippen molar-refractivity contribution in [2.75, 3.05) is 59.8 Å². The molecule has 2 aliphatic heterocycles. The van der Waals surface area contributed by atoms with E-state index >= 15 is 0 Å². The van der Waals surface area contributed by atoms with Gasteiger partial charge in [-0.1, -0.05) is 156 Å². The third kappa shape index (κ3) is 34.7. The maximum Gasteiger partial charge on any atom is 0.410 e. The average Bonchev–Trinajstić information content (AvgIpc) is 3.70. The number of carbonyl (C=O) groups excluding carboxylic acids is 7. The van der Waals surface area contributed by atoms with Crippen molar-refractivity contribution >= 4 is 41.9 Å². The lowest BCUT2D eigenvalue weighted by Gasteiger charge is -2.31. The molecule has 0 aromatic heterocycles. The number of rotatable bonds is 45. The summed E-state index contributed by atoms with van der Waals surface area (Å²) in [6.45, 7) is 9.36. The molecule has 0 aromatic rings. The summed E-state index contributed by atoms with van der Waals surface area (Å²) in [5, 5.41) is 0. The highest BCUT2D eigenvalue weighted by molar-refractivity contribution is 5.73. The first-order valence-electron chi connectivity index (χ1n) is 30.5. The number of amides is 1. The van der Waals surface area contributed by atoms with Crippen molar-refractivity contribution in [2.45, 2.75) is 271 Å². The van der Waals surface area contributed by atoms with Crippen molar-refractivity contribution in [2.24, 2.45) is 11.8 Å². The topological polar surface area (TPSA) is 191 Å². The first-order chi connectivity index (χ1) is 36.9. The zero-order valence-electron chi connectivity index (χ0n) is 48.4. The third-order valence-electron chi connectivity index (χ3n) is 14.6. The molecule has 2 rings (SSSR count). The molecule has 2 aliphatic rings. The van der Waals surface area contributed by atoms with Gasteiger partial charge in [0.2, 0.25) is 0 Å². The second-order valence-electron chi connectivity index (χ2n) is 21.9. The Morgan fingerprint density at radius 3 is 1.08 bits per heavy atom. The Morgan fingerprint density at radius 1 is 0.408 bits per heavy atom. The van der Waals surface area contributed by atoms with Gasteiger partial charge in [-0.3, -0.25) is 33.7 Å². The van der Waals surface area contributed by atoms with Crippen LogP contribution >= 0.6 is 0 Å². The third-order valence-corrected chi connectivity index (χ3v) is 14.6. The van der Waals surface area contributed by atoms with Crippen molar-refractivity contribution in [3.63, 3.8) is 0 Å². The van der Waals surface area contributed by atoms with E-state index in [9.17, 15) is 33.6 Å². The monoisotopic (exact) mass is 1080 g/mol. The van der Waals surface area contributed by atoms with Crippen LogP contribution in [0.3, 0.4) is 0 Å². The SMILES string of the molecule is CCCCCCCCC(=O)OCC(COC(=O)CCCCCCCC)CC(=O)OC[C@H]1CC[C@@H](COC(=O)CC(COC(=O)CCCCCCCC)COC(=O)CCCCCCCC)N1C(=O)OC1CCCCN(C)C1. The lowest BCUT2D eigenvalue weighted by molar-refractivity contribution is -0.156. The molecule has 2 saturated heterocycles. The van der Waals surface area contributed by atoms with Gasteiger partial charge in [-0.25, -0.2) is 4.79 Å². The Hall–Kier alpha value is -3.95. The second kappa shape index (κ2) is 45.0. The van der Waals surface area contributed by atoms with Crippen LogP contribution in [-0.2, 0) is 61.9 Å². The molecule has 16 heteroatoms. The van der Waals surface area contributed by atoms with Crippen LogP contribution < -0.4 is 0 Å². The number of carbonyl (C=O) groups is 7. The van der Waals surface area contributed by atoms with Gasteiger partial charge in [0.05, 0.1) is 51.4 Å². The molecule has 1 unspecified atom stereocenters. The van der Waals surface area contributed by atoms with Crippen molar-refractivity contribution in [1.82, 2.24) is 9.80 Å². The molecular formula is C60H106N2O14. The van der Waals surface area contributed by atoms with E-state index in [1.165, 1.54) is 30.6 Å². The summed E-state index contributed by atoms with van der Waals surface area (Å²) in [5.74, 6) is -3.89. The highest BCUT2D eigenvalue weighted by atomic mass is 16.6. The zero-order chi connectivity index (χ0) is 55.4. The fraction of sp³-hybridized carbons (Fsp3) is 0.883. The lowest BCUT2D eigenvalue weighted by Crippen LogP contribution is -2.47. The van der Waals surface area contributed by atoms with Crippen molar-refractivity contribution in [3.8, 4) is 0 Å². The molecule has 0 N–H and O–H groups in total. The Balaban J connectivity index is 2.13. The van der Waals surface area contributed by atoms with E-state index in [0.717, 1.165) is 122 Å². The number of hydrogen-bond donors (Lipinski definition) is 0. The molecular weight excluding hydrogens is 973 g/mol. The van der Waals surface area contributed by atoms with E-state index in [-0.39, 0.29) is 108 Å². The number of esters is 6. The summed E-state index contributed by atoms with van der Waals surface area (Å²) in [6.07, 6.45) is 27.9. The maximum atomic E-state index is 14.2. The van der Waals surface area contributed by atoms with E-state index in [1.54, 1.807) is 0 Å². The molecule has 16 nitrogen and oxygen atoms in total. The van der Waals surface area contributed by atoms with Crippen LogP contribution in [0.5, 0.6) is 0 Å². The van der Waals surface area contributed by atoms with E-state index in [4.69, 9.17) is 33.2 Å². The summed E-state index contributed by atoms with van der Waals surface area (Å²) in [5.41, 5.74) is 0. The molecule has 2 fully saturated rings. The van der Waals surface area contributed by atoms with Gasteiger partial charge in [0.25, 0.3) is 0 Å². The molecule has 2 heterocycles. The highest BCUT2D eigenvalue weighted by Gasteiger charge is 2.41. The number of likely N-dealkylation sites (tertiary alicyclic amines) is 2. The Bertz CT molecular complexity index is 1420. The van der Waals surface area contributed by atoms with Crippen LogP contribution in [0.1, 0.15) is 252 Å². The Labute approximate surface area is 459 Å². The predicted octanol–water partition coefficient (Wildman–Crippen LogP) is 12.7. The van der Waals surface area contributed by atoms with Crippen molar-refractivity contribution in [3.05, 3.63) is 0 Å². The highest BCUT2D eigenvalue weighted by Crippen LogP contribution is 2.28. The quantitative estimate of drug-likeness (QED) is 0.0318. The van der Waals surface area contributed by atoms with Crippen molar-refractivity contribution in [1.29, 1.82) is 0 Å². The lowest BCUT2D eigenvalue weighted by atomic mass is 10.1. The molecule has 0 spiro atoms. The molecule has 0 radical (unpaired) electrons. The van der Waals surface area contributed by atoms with Gasteiger partial charge in [0, 0.05) is 44.1 Å². The number of hydrogen-bond acceptors (Lipinski definition) is 15. The average molecular weight is 1080 g/mol. The van der Waals surface area contributed by atoms with Crippen LogP contribution in [-0.4, -0.2) is 130 Å². The van der Waals surface area contributed by atoms with Gasteiger partial charge in [0.15, 0.2) is 0 Å². The minimum atomic E-state index is -0.630. The Kier molecular flexibility index (Phi) is 40.3. The standard InChI is InChI=1S/C60H106N2O14/c1-6-10-14-18-22-26-33-54(63)70-43-49(44-71-55(64)34-27-23-19-15-11-7-2)40-58(67)74-47-51-37-38-52(62(51)60(69)76-53-32-30-31-39-61(5)42-53)48-75-59(68)41-50(45-72-56(65)35-28-24-20-16-12-8-3)46-73-57(66)36-29-25-21-17-13-9-4/h49-53H,6-48H2,1-5H3/t51-,52+,53?. The summed E-state index contributed by atoms with van der Waals surface area (Å²) < 4.78 is 40.2. The van der Waals surface area contributed by atoms with Gasteiger partial charge < -0.3 is 38.1 Å². The molecule has 0 aromatic carbocycles. The van der Waals surface area contributed by atoms with Gasteiger partial charge in [-0.2, -0.15) is 0 Å². The van der Waals surface area contributed by atoms with Gasteiger partial charge in [0.1, 0.15) is 19.3 Å². The molecule has 0 aliphatic carbocycles. The summed E-state index contributed by atoms with van der Waals surface area (Å²) in [7, 11) is 1.99. The maximum absolute atomic E-state index is 14.2. The summed E-state index contributed by atoms with van der Waals surface area (Å²) in [4.78, 5) is 95.9. The second-order valence-corrected chi connectivity index (χ2v) is 21.9. The smallest absolute Gasteiger partial charge is 0.410 e. The normalized spacial score (nSPS) is 16.8. The minimum Gasteiger partial charge on any atom is -0.465 e. The van der Waals surface area contributed by atoms with E-state index < -0.39 is 42.0 Å². The molecule has 3 atom stereocenters. The zero-order valence-corrected chi connectivity index (χ0v) is 48.4. The van der Waals surface area contributed by atoms with E-state index in [1.807, 2.05) is 7.05 Å². The van der Waals surface area contributed by atoms with Gasteiger partial charge >= 0.3 is 41.9 Å². The van der Waals surface area contributed by atoms with Crippen LogP contribution in [0.15, 0.2) is 0 Å². The molecule has 76 heavy (non-hydrogen) atoms. The van der Waals surface area contributed by atoms with Gasteiger partial charge in [-0.05, 0) is 71.4 Å². The number of ether oxygens (including phenoxy) is 7. The number of unbranched alkanes of at least 4 members (excludes halogenated alkanes) is 20. The molecule has 440 valence electrons. The van der Waals surface area contributed by atoms with Crippen molar-refractivity contribution < 1.29 is 66.7 Å². The predicted molar refractivity (Wildman–Crippen MR) is 294 cm³/mol. The first kappa shape index (κ1) is 68.2. The fourth-order valence-electron chi connectivity index (χ4n) is 9.80. The fourth-order valence-corrected chi connectivity index (χ4v) is 9.80. The van der Waals surface area contributed by atoms with Crippen LogP contribution in [0, 0.1) is 11.8 Å².